The third kappa shape index (κ3) is 8.92. The molecule has 7 heteroatoms. The second-order valence-electron chi connectivity index (χ2n) is 8.66. The van der Waals surface area contributed by atoms with Crippen LogP contribution in [0.1, 0.15) is 85.4 Å². The Morgan fingerprint density at radius 3 is 2.43 bits per heavy atom. The summed E-state index contributed by atoms with van der Waals surface area (Å²) in [6, 6.07) is 10.7. The number of phenols is 1. The number of carbonyl (C=O) groups excluding carboxylic acids is 3. The van der Waals surface area contributed by atoms with Crippen LogP contribution in [0.15, 0.2) is 54.6 Å². The summed E-state index contributed by atoms with van der Waals surface area (Å²) in [6.45, 7) is 5.69. The fourth-order valence-corrected chi connectivity index (χ4v) is 3.47. The van der Waals surface area contributed by atoms with Gasteiger partial charge >= 0.3 is 5.97 Å². The molecule has 7 nitrogen and oxygen atoms in total. The molecule has 0 aliphatic rings. The SMILES string of the molecule is COc1cc(C(NC(=O)CCCCC/C=C/C(C)C)OC(=O)c2ccccc2O)ccc1C(C)=O. The predicted octanol–water partition coefficient (Wildman–Crippen LogP) is 5.74. The molecule has 2 N–H and O–H groups in total. The Balaban J connectivity index is 2.12. The molecule has 0 saturated heterocycles. The van der Waals surface area contributed by atoms with E-state index in [-0.39, 0.29) is 29.4 Å². The molecule has 0 radical (unpaired) electrons. The topological polar surface area (TPSA) is 102 Å². The molecular weight excluding hydrogens is 446 g/mol. The van der Waals surface area contributed by atoms with Crippen LogP contribution in [0.4, 0.5) is 0 Å². The number of para-hydroxylation sites is 1. The number of ketones is 1. The third-order valence-corrected chi connectivity index (χ3v) is 5.34. The lowest BCUT2D eigenvalue weighted by Gasteiger charge is -2.21. The van der Waals surface area contributed by atoms with Crippen molar-refractivity contribution in [2.45, 2.75) is 59.1 Å². The van der Waals surface area contributed by atoms with Gasteiger partial charge in [-0.15, -0.1) is 0 Å². The van der Waals surface area contributed by atoms with E-state index >= 15 is 0 Å². The summed E-state index contributed by atoms with van der Waals surface area (Å²) >= 11 is 0. The minimum absolute atomic E-state index is 0.0199. The molecule has 0 spiro atoms. The molecule has 1 unspecified atom stereocenters. The predicted molar refractivity (Wildman–Crippen MR) is 134 cm³/mol. The van der Waals surface area contributed by atoms with Crippen molar-refractivity contribution >= 4 is 17.7 Å². The maximum absolute atomic E-state index is 12.7. The summed E-state index contributed by atoms with van der Waals surface area (Å²) in [5.74, 6) is -0.627. The largest absolute Gasteiger partial charge is 0.507 e. The van der Waals surface area contributed by atoms with Gasteiger partial charge in [-0.25, -0.2) is 4.79 Å². The Morgan fingerprint density at radius 1 is 1.03 bits per heavy atom. The quantitative estimate of drug-likeness (QED) is 0.124. The maximum Gasteiger partial charge on any atom is 0.344 e. The Kier molecular flexibility index (Phi) is 11.0. The zero-order valence-electron chi connectivity index (χ0n) is 20.9. The summed E-state index contributed by atoms with van der Waals surface area (Å²) in [6.07, 6.45) is 7.06. The molecule has 2 rings (SSSR count). The number of hydrogen-bond donors (Lipinski definition) is 2. The van der Waals surface area contributed by atoms with Crippen LogP contribution in [0, 0.1) is 5.92 Å². The highest BCUT2D eigenvalue weighted by atomic mass is 16.6. The van der Waals surface area contributed by atoms with Gasteiger partial charge in [-0.2, -0.15) is 0 Å². The lowest BCUT2D eigenvalue weighted by Crippen LogP contribution is -2.32. The fraction of sp³-hybridized carbons (Fsp3) is 0.393. The summed E-state index contributed by atoms with van der Waals surface area (Å²) in [5, 5.41) is 12.8. The zero-order valence-corrected chi connectivity index (χ0v) is 20.9. The van der Waals surface area contributed by atoms with E-state index in [0.29, 0.717) is 29.2 Å². The fourth-order valence-electron chi connectivity index (χ4n) is 3.47. The second-order valence-corrected chi connectivity index (χ2v) is 8.66. The number of hydrogen-bond acceptors (Lipinski definition) is 6. The van der Waals surface area contributed by atoms with E-state index < -0.39 is 12.2 Å². The van der Waals surface area contributed by atoms with E-state index in [0.717, 1.165) is 19.3 Å². The van der Waals surface area contributed by atoms with Gasteiger partial charge in [0.15, 0.2) is 5.78 Å². The normalized spacial score (nSPS) is 11.9. The summed E-state index contributed by atoms with van der Waals surface area (Å²) in [7, 11) is 1.43. The van der Waals surface area contributed by atoms with E-state index in [1.807, 2.05) is 0 Å². The standard InChI is InChI=1S/C28H35NO6/c1-19(2)12-8-6-5-7-9-15-26(32)29-27(35-28(33)23-13-10-11-14-24(23)31)21-16-17-22(20(3)30)25(18-21)34-4/h8,10-14,16-19,27,31H,5-7,9,15H2,1-4H3,(H,29,32)/b12-8+. The Morgan fingerprint density at radius 2 is 1.77 bits per heavy atom. The smallest absolute Gasteiger partial charge is 0.344 e. The number of unbranched alkanes of at least 4 members (excludes halogenated alkanes) is 3. The molecule has 0 bridgehead atoms. The molecule has 0 fully saturated rings. The number of benzene rings is 2. The van der Waals surface area contributed by atoms with E-state index in [1.165, 1.54) is 26.2 Å². The van der Waals surface area contributed by atoms with Gasteiger partial charge in [0.25, 0.3) is 0 Å². The van der Waals surface area contributed by atoms with Crippen molar-refractivity contribution in [3.05, 3.63) is 71.3 Å². The molecule has 0 heterocycles. The van der Waals surface area contributed by atoms with Gasteiger partial charge in [-0.05, 0) is 56.4 Å². The first-order valence-electron chi connectivity index (χ1n) is 11.9. The highest BCUT2D eigenvalue weighted by Gasteiger charge is 2.23. The van der Waals surface area contributed by atoms with Gasteiger partial charge in [0, 0.05) is 12.0 Å². The number of nitrogens with one attached hydrogen (secondary N) is 1. The van der Waals surface area contributed by atoms with Gasteiger partial charge in [0.05, 0.1) is 12.7 Å². The number of allylic oxidation sites excluding steroid dienone is 2. The monoisotopic (exact) mass is 481 g/mol. The Hall–Kier alpha value is -3.61. The van der Waals surface area contributed by atoms with Crippen LogP contribution in [0.2, 0.25) is 0 Å². The van der Waals surface area contributed by atoms with E-state index in [9.17, 15) is 19.5 Å². The first kappa shape index (κ1) is 27.6. The molecular formula is C28H35NO6. The zero-order chi connectivity index (χ0) is 25.8. The van der Waals surface area contributed by atoms with Crippen LogP contribution in [-0.4, -0.2) is 29.9 Å². The van der Waals surface area contributed by atoms with Crippen LogP contribution in [0.25, 0.3) is 0 Å². The van der Waals surface area contributed by atoms with E-state index in [4.69, 9.17) is 9.47 Å². The van der Waals surface area contributed by atoms with Crippen molar-refractivity contribution in [1.82, 2.24) is 5.32 Å². The number of esters is 1. The second kappa shape index (κ2) is 13.9. The number of aromatic hydroxyl groups is 1. The number of ether oxygens (including phenoxy) is 2. The van der Waals surface area contributed by atoms with E-state index in [2.05, 4.69) is 31.3 Å². The number of carbonyl (C=O) groups is 3. The van der Waals surface area contributed by atoms with Crippen LogP contribution < -0.4 is 10.1 Å². The average molecular weight is 482 g/mol. The van der Waals surface area contributed by atoms with Crippen molar-refractivity contribution in [1.29, 1.82) is 0 Å². The number of amides is 1. The molecule has 1 amide bonds. The van der Waals surface area contributed by atoms with Crippen molar-refractivity contribution in [2.75, 3.05) is 7.11 Å². The van der Waals surface area contributed by atoms with Gasteiger partial charge < -0.3 is 19.9 Å². The first-order chi connectivity index (χ1) is 16.7. The molecule has 35 heavy (non-hydrogen) atoms. The van der Waals surface area contributed by atoms with Crippen molar-refractivity contribution in [2.24, 2.45) is 5.92 Å². The first-order valence-corrected chi connectivity index (χ1v) is 11.9. The number of phenolic OH excluding ortho intramolecular Hbond substituents is 1. The molecule has 2 aromatic carbocycles. The van der Waals surface area contributed by atoms with Crippen molar-refractivity contribution < 1.29 is 29.0 Å². The summed E-state index contributed by atoms with van der Waals surface area (Å²) in [4.78, 5) is 37.3. The molecule has 1 atom stereocenters. The molecule has 0 aromatic heterocycles. The minimum Gasteiger partial charge on any atom is -0.507 e. The van der Waals surface area contributed by atoms with Gasteiger partial charge in [0.2, 0.25) is 12.1 Å². The summed E-state index contributed by atoms with van der Waals surface area (Å²) < 4.78 is 10.9. The van der Waals surface area contributed by atoms with Crippen LogP contribution in [0.5, 0.6) is 11.5 Å². The number of methoxy groups -OCH3 is 1. The molecule has 188 valence electrons. The molecule has 0 aliphatic carbocycles. The lowest BCUT2D eigenvalue weighted by atomic mass is 10.1. The van der Waals surface area contributed by atoms with E-state index in [1.54, 1.807) is 30.3 Å². The Bertz CT molecular complexity index is 1040. The lowest BCUT2D eigenvalue weighted by molar-refractivity contribution is -0.124. The summed E-state index contributed by atoms with van der Waals surface area (Å²) in [5.41, 5.74) is 0.788. The minimum atomic E-state index is -1.13. The maximum atomic E-state index is 12.7. The van der Waals surface area contributed by atoms with Crippen LogP contribution in [0.3, 0.4) is 0 Å². The molecule has 0 saturated carbocycles. The van der Waals surface area contributed by atoms with Crippen LogP contribution >= 0.6 is 0 Å². The van der Waals surface area contributed by atoms with Crippen molar-refractivity contribution in [3.63, 3.8) is 0 Å². The molecule has 2 aromatic rings. The third-order valence-electron chi connectivity index (χ3n) is 5.34. The highest BCUT2D eigenvalue weighted by Crippen LogP contribution is 2.27. The molecule has 0 aliphatic heterocycles. The van der Waals surface area contributed by atoms with Crippen LogP contribution in [-0.2, 0) is 9.53 Å². The number of Topliss-reactive ketones (excluding diaryl/α,β-unsaturated/α-hetero) is 1. The average Bonchev–Trinajstić information content (AvgIpc) is 2.82. The van der Waals surface area contributed by atoms with Gasteiger partial charge in [-0.3, -0.25) is 9.59 Å². The highest BCUT2D eigenvalue weighted by molar-refractivity contribution is 5.97. The Labute approximate surface area is 207 Å². The van der Waals surface area contributed by atoms with Gasteiger partial charge in [0.1, 0.15) is 17.1 Å². The van der Waals surface area contributed by atoms with Crippen molar-refractivity contribution in [3.8, 4) is 11.5 Å². The number of rotatable bonds is 13. The van der Waals surface area contributed by atoms with Gasteiger partial charge in [-0.1, -0.05) is 50.6 Å².